The Labute approximate surface area is 168 Å². The minimum Gasteiger partial charge on any atom is -0.379 e. The largest absolute Gasteiger partial charge is 0.379 e. The molecule has 1 aromatic heterocycles. The van der Waals surface area contributed by atoms with Crippen molar-refractivity contribution >= 4 is 29.1 Å². The molecule has 0 radical (unpaired) electrons. The Morgan fingerprint density at radius 1 is 1.30 bits per heavy atom. The number of hydrogen-bond donors (Lipinski definition) is 1. The van der Waals surface area contributed by atoms with Gasteiger partial charge in [0.2, 0.25) is 5.82 Å². The fourth-order valence-corrected chi connectivity index (χ4v) is 3.56. The number of aromatic nitrogens is 3. The van der Waals surface area contributed by atoms with Crippen LogP contribution in [-0.2, 0) is 11.2 Å². The van der Waals surface area contributed by atoms with E-state index in [-0.39, 0.29) is 17.8 Å². The molecule has 1 N–H and O–H groups in total. The predicted octanol–water partition coefficient (Wildman–Crippen LogP) is 2.59. The second-order valence-corrected chi connectivity index (χ2v) is 7.21. The van der Waals surface area contributed by atoms with Crippen LogP contribution < -0.4 is 5.32 Å². The molecule has 0 spiro atoms. The highest BCUT2D eigenvalue weighted by atomic mass is 35.5. The molecule has 0 aliphatic carbocycles. The standard InChI is InChI=1S/C18H23Cl2N5O2/c1-3-15-22-17(23-25(15)16-13(19)5-4-6-14(16)20)18(26)21-11-12(2)24-7-9-27-10-8-24/h4-6,12H,3,7-11H2,1-2H3,(H,21,26). The molecule has 3 rings (SSSR count). The first-order valence-electron chi connectivity index (χ1n) is 9.01. The predicted molar refractivity (Wildman–Crippen MR) is 105 cm³/mol. The van der Waals surface area contributed by atoms with Crippen LogP contribution in [0.5, 0.6) is 0 Å². The summed E-state index contributed by atoms with van der Waals surface area (Å²) >= 11 is 12.6. The van der Waals surface area contributed by atoms with Gasteiger partial charge in [0.05, 0.1) is 23.3 Å². The van der Waals surface area contributed by atoms with Crippen molar-refractivity contribution in [1.82, 2.24) is 25.0 Å². The lowest BCUT2D eigenvalue weighted by Crippen LogP contribution is -2.47. The number of nitrogens with zero attached hydrogens (tertiary/aromatic N) is 4. The maximum atomic E-state index is 12.6. The van der Waals surface area contributed by atoms with E-state index in [1.807, 2.05) is 6.92 Å². The smallest absolute Gasteiger partial charge is 0.291 e. The molecule has 1 aromatic carbocycles. The van der Waals surface area contributed by atoms with Crippen LogP contribution >= 0.6 is 23.2 Å². The van der Waals surface area contributed by atoms with Crippen LogP contribution in [-0.4, -0.2) is 64.5 Å². The van der Waals surface area contributed by atoms with E-state index in [4.69, 9.17) is 27.9 Å². The van der Waals surface area contributed by atoms with Gasteiger partial charge in [0, 0.05) is 32.1 Å². The van der Waals surface area contributed by atoms with Gasteiger partial charge in [0.15, 0.2) is 0 Å². The number of halogens is 2. The first-order chi connectivity index (χ1) is 13.0. The van der Waals surface area contributed by atoms with Crippen molar-refractivity contribution in [2.75, 3.05) is 32.8 Å². The lowest BCUT2D eigenvalue weighted by Gasteiger charge is -2.32. The summed E-state index contributed by atoms with van der Waals surface area (Å²) < 4.78 is 6.91. The SMILES string of the molecule is CCc1nc(C(=O)NCC(C)N2CCOCC2)nn1-c1c(Cl)cccc1Cl. The molecule has 146 valence electrons. The van der Waals surface area contributed by atoms with Gasteiger partial charge in [0.1, 0.15) is 11.5 Å². The van der Waals surface area contributed by atoms with E-state index < -0.39 is 0 Å². The van der Waals surface area contributed by atoms with E-state index in [0.717, 1.165) is 26.3 Å². The monoisotopic (exact) mass is 411 g/mol. The molecule has 1 unspecified atom stereocenters. The number of amides is 1. The lowest BCUT2D eigenvalue weighted by molar-refractivity contribution is 0.0204. The molecule has 0 saturated carbocycles. The van der Waals surface area contributed by atoms with E-state index in [1.54, 1.807) is 22.9 Å². The van der Waals surface area contributed by atoms with E-state index in [9.17, 15) is 4.79 Å². The normalized spacial score (nSPS) is 16.3. The number of carbonyl (C=O) groups excluding carboxylic acids is 1. The highest BCUT2D eigenvalue weighted by molar-refractivity contribution is 6.37. The lowest BCUT2D eigenvalue weighted by atomic mass is 10.2. The average Bonchev–Trinajstić information content (AvgIpc) is 3.10. The van der Waals surface area contributed by atoms with Crippen molar-refractivity contribution in [1.29, 1.82) is 0 Å². The van der Waals surface area contributed by atoms with Crippen LogP contribution in [0.3, 0.4) is 0 Å². The van der Waals surface area contributed by atoms with Crippen LogP contribution in [0.25, 0.3) is 5.69 Å². The van der Waals surface area contributed by atoms with E-state index in [1.165, 1.54) is 0 Å². The highest BCUT2D eigenvalue weighted by Crippen LogP contribution is 2.28. The summed E-state index contributed by atoms with van der Waals surface area (Å²) in [6.07, 6.45) is 0.589. The quantitative estimate of drug-likeness (QED) is 0.790. The molecule has 1 amide bonds. The van der Waals surface area contributed by atoms with Crippen molar-refractivity contribution in [2.45, 2.75) is 26.3 Å². The maximum absolute atomic E-state index is 12.6. The van der Waals surface area contributed by atoms with Crippen LogP contribution in [0.4, 0.5) is 0 Å². The van der Waals surface area contributed by atoms with Gasteiger partial charge >= 0.3 is 0 Å². The topological polar surface area (TPSA) is 72.3 Å². The van der Waals surface area contributed by atoms with E-state index >= 15 is 0 Å². The van der Waals surface area contributed by atoms with Crippen LogP contribution in [0.15, 0.2) is 18.2 Å². The third-order valence-electron chi connectivity index (χ3n) is 4.57. The molecule has 7 nitrogen and oxygen atoms in total. The minimum atomic E-state index is -0.313. The average molecular weight is 412 g/mol. The first-order valence-corrected chi connectivity index (χ1v) is 9.77. The van der Waals surface area contributed by atoms with Crippen molar-refractivity contribution in [3.8, 4) is 5.69 Å². The second-order valence-electron chi connectivity index (χ2n) is 6.39. The zero-order valence-electron chi connectivity index (χ0n) is 15.4. The summed E-state index contributed by atoms with van der Waals surface area (Å²) in [7, 11) is 0. The van der Waals surface area contributed by atoms with Gasteiger partial charge in [-0.25, -0.2) is 9.67 Å². The third kappa shape index (κ3) is 4.60. The Morgan fingerprint density at radius 2 is 1.96 bits per heavy atom. The van der Waals surface area contributed by atoms with Crippen LogP contribution in [0, 0.1) is 0 Å². The van der Waals surface area contributed by atoms with Gasteiger partial charge in [-0.1, -0.05) is 36.2 Å². The molecule has 9 heteroatoms. The molecule has 1 aliphatic rings. The molecule has 2 heterocycles. The number of rotatable bonds is 6. The van der Waals surface area contributed by atoms with Gasteiger partial charge in [0.25, 0.3) is 5.91 Å². The van der Waals surface area contributed by atoms with Gasteiger partial charge in [-0.15, -0.1) is 5.10 Å². The van der Waals surface area contributed by atoms with Gasteiger partial charge in [-0.05, 0) is 19.1 Å². The Bertz CT molecular complexity index is 785. The Morgan fingerprint density at radius 3 is 2.59 bits per heavy atom. The molecule has 27 heavy (non-hydrogen) atoms. The number of aryl methyl sites for hydroxylation is 1. The Kier molecular flexibility index (Phi) is 6.70. The Hall–Kier alpha value is -1.67. The van der Waals surface area contributed by atoms with Crippen molar-refractivity contribution in [3.05, 3.63) is 39.9 Å². The number of carbonyl (C=O) groups is 1. The van der Waals surface area contributed by atoms with Crippen molar-refractivity contribution < 1.29 is 9.53 Å². The molecular formula is C18H23Cl2N5O2. The zero-order valence-corrected chi connectivity index (χ0v) is 16.9. The van der Waals surface area contributed by atoms with Crippen LogP contribution in [0.2, 0.25) is 10.0 Å². The van der Waals surface area contributed by atoms with Crippen molar-refractivity contribution in [2.24, 2.45) is 0 Å². The number of nitrogens with one attached hydrogen (secondary N) is 1. The summed E-state index contributed by atoms with van der Waals surface area (Å²) in [4.78, 5) is 19.2. The first kappa shape index (κ1) is 20.1. The van der Waals surface area contributed by atoms with E-state index in [0.29, 0.717) is 34.5 Å². The van der Waals surface area contributed by atoms with E-state index in [2.05, 4.69) is 27.2 Å². The molecule has 1 saturated heterocycles. The fraction of sp³-hybridized carbons (Fsp3) is 0.500. The Balaban J connectivity index is 1.73. The molecule has 0 bridgehead atoms. The van der Waals surface area contributed by atoms with Crippen molar-refractivity contribution in [3.63, 3.8) is 0 Å². The molecule has 1 fully saturated rings. The van der Waals surface area contributed by atoms with Gasteiger partial charge in [-0.2, -0.15) is 0 Å². The molecule has 1 atom stereocenters. The number of ether oxygens (including phenoxy) is 1. The van der Waals surface area contributed by atoms with Crippen LogP contribution in [0.1, 0.15) is 30.3 Å². The third-order valence-corrected chi connectivity index (χ3v) is 5.18. The summed E-state index contributed by atoms with van der Waals surface area (Å²) in [6.45, 7) is 7.73. The molecular weight excluding hydrogens is 389 g/mol. The zero-order chi connectivity index (χ0) is 19.4. The molecule has 2 aromatic rings. The second kappa shape index (κ2) is 9.01. The molecule has 1 aliphatic heterocycles. The van der Waals surface area contributed by atoms with Gasteiger partial charge in [-0.3, -0.25) is 9.69 Å². The summed E-state index contributed by atoms with van der Waals surface area (Å²) in [5, 5.41) is 8.18. The summed E-state index contributed by atoms with van der Waals surface area (Å²) in [5.74, 6) is 0.417. The highest BCUT2D eigenvalue weighted by Gasteiger charge is 2.21. The minimum absolute atomic E-state index is 0.108. The number of benzene rings is 1. The fourth-order valence-electron chi connectivity index (χ4n) is 3.01. The summed E-state index contributed by atoms with van der Waals surface area (Å²) in [5.41, 5.74) is 0.533. The summed E-state index contributed by atoms with van der Waals surface area (Å²) in [6, 6.07) is 5.43. The number of para-hydroxylation sites is 1. The number of morpholine rings is 1. The maximum Gasteiger partial charge on any atom is 0.291 e. The van der Waals surface area contributed by atoms with Gasteiger partial charge < -0.3 is 10.1 Å². The number of hydrogen-bond acceptors (Lipinski definition) is 5.